The zero-order chi connectivity index (χ0) is 88.7. The van der Waals surface area contributed by atoms with Crippen LogP contribution in [0, 0.1) is 0 Å². The summed E-state index contributed by atoms with van der Waals surface area (Å²) in [5.74, 6) is 6.09. The van der Waals surface area contributed by atoms with Gasteiger partial charge in [-0.25, -0.2) is 0 Å². The van der Waals surface area contributed by atoms with Gasteiger partial charge in [-0.2, -0.15) is 0 Å². The molecule has 0 N–H and O–H groups in total. The van der Waals surface area contributed by atoms with Crippen LogP contribution in [0.25, 0.3) is 0 Å². The molecular weight excluding hydrogens is 1630 g/mol. The van der Waals surface area contributed by atoms with Crippen LogP contribution in [0.4, 0.5) is 0 Å². The van der Waals surface area contributed by atoms with E-state index in [-0.39, 0.29) is 11.9 Å². The Morgan fingerprint density at radius 1 is 0.261 bits per heavy atom. The van der Waals surface area contributed by atoms with Gasteiger partial charge in [0.1, 0.15) is 53.3 Å². The molecule has 27 nitrogen and oxygen atoms in total. The van der Waals surface area contributed by atoms with E-state index in [0.29, 0.717) is 150 Å². The molecule has 7 rings (SSSR count). The highest BCUT2D eigenvalue weighted by Gasteiger charge is 2.48. The van der Waals surface area contributed by atoms with E-state index in [4.69, 9.17) is 122 Å². The maximum atomic E-state index is 5.89. The molecule has 0 fully saturated rings. The molecule has 676 valence electrons. The van der Waals surface area contributed by atoms with Gasteiger partial charge < -0.3 is 122 Å². The summed E-state index contributed by atoms with van der Waals surface area (Å²) in [6.07, 6.45) is -0.288. The van der Waals surface area contributed by atoms with Gasteiger partial charge in [0.05, 0.1) is 27.9 Å². The number of fused-ring (bicyclic) bond motifs is 1. The van der Waals surface area contributed by atoms with Crippen molar-refractivity contribution in [1.29, 1.82) is 0 Å². The molecule has 1 aliphatic rings. The van der Waals surface area contributed by atoms with Gasteiger partial charge in [0.2, 0.25) is 0 Å². The van der Waals surface area contributed by atoms with E-state index >= 15 is 0 Å². The minimum atomic E-state index is -2.93. The van der Waals surface area contributed by atoms with Crippen LogP contribution in [0.15, 0.2) is 133 Å². The van der Waals surface area contributed by atoms with E-state index in [0.717, 1.165) is 65.6 Å². The van der Waals surface area contributed by atoms with Gasteiger partial charge in [0.15, 0.2) is 17.8 Å². The standard InChI is InChI=1S/C16H28O4Si.C15H26O5Si.C14H22O5Si.C14H24O5Si.C14H24O4Si.C13H22O4Si/c1-7-17-21(18-8-2,19-9-3)15-12-10-14(11-13-15)20-16(4,5)6;1-6-17-21(18-7-2,19-8-3)15-11-9-14(10-12-15)20-13(4)16-5;1-4-17-20(18-5-2,19-6-3)12-7-8-13-14(11-12)16-10-9-15-13;1-6-17-20(18-7-2,19-8-3)14-10-12(15-4)9-13(11-14)16-5;1-5-15-13-9-11-14(12-10-13)19(16-6-2,17-7-3)18-8-4;1-5-15-18(16-6-2,17-7-3)13-10-8-12(14-4)9-11-13/h10-13H,7-9H2,1-6H3;9-13H,6-8H2,1-5H3;7-8,11H,4-6,9-10H2,1-3H3;9-11H,6-8H2,1-5H3;9-12H,5-8H2,1-4H3;8-11H,5-7H2,1-4H3. The van der Waals surface area contributed by atoms with Gasteiger partial charge in [0, 0.05) is 163 Å². The van der Waals surface area contributed by atoms with E-state index in [1.165, 1.54) is 0 Å². The fourth-order valence-electron chi connectivity index (χ4n) is 11.7. The molecule has 0 saturated carbocycles. The summed E-state index contributed by atoms with van der Waals surface area (Å²) < 4.78 is 154. The smallest absolute Gasteiger partial charge is 0.497 e. The van der Waals surface area contributed by atoms with Crippen molar-refractivity contribution in [3.05, 3.63) is 133 Å². The number of ether oxygens (including phenoxy) is 9. The Morgan fingerprint density at radius 3 is 0.765 bits per heavy atom. The van der Waals surface area contributed by atoms with Crippen molar-refractivity contribution in [2.45, 2.75) is 171 Å². The highest BCUT2D eigenvalue weighted by atomic mass is 28.4. The second-order valence-corrected chi connectivity index (χ2v) is 40.8. The molecule has 0 spiro atoms. The molecular formula is C86H146O27Si6. The third-order valence-electron chi connectivity index (χ3n) is 16.1. The van der Waals surface area contributed by atoms with Crippen molar-refractivity contribution < 1.29 is 122 Å². The molecule has 0 aromatic heterocycles. The first-order valence-corrected chi connectivity index (χ1v) is 52.3. The van der Waals surface area contributed by atoms with Crippen LogP contribution in [0.2, 0.25) is 0 Å². The lowest BCUT2D eigenvalue weighted by molar-refractivity contribution is -0.0382. The fraction of sp³-hybridized carbons (Fsp3) is 0.581. The van der Waals surface area contributed by atoms with Crippen LogP contribution >= 0.6 is 0 Å². The van der Waals surface area contributed by atoms with Crippen LogP contribution in [0.3, 0.4) is 0 Å². The van der Waals surface area contributed by atoms with Gasteiger partial charge in [0.25, 0.3) is 0 Å². The summed E-state index contributed by atoms with van der Waals surface area (Å²) in [7, 11) is -10.5. The maximum absolute atomic E-state index is 5.89. The second-order valence-electron chi connectivity index (χ2n) is 25.5. The predicted molar refractivity (Wildman–Crippen MR) is 480 cm³/mol. The van der Waals surface area contributed by atoms with Crippen LogP contribution < -0.4 is 69.0 Å². The van der Waals surface area contributed by atoms with E-state index in [2.05, 4.69) is 0 Å². The summed E-state index contributed by atoms with van der Waals surface area (Å²) in [6.45, 7) is 56.6. The molecule has 6 aromatic rings. The average molecular weight is 1780 g/mol. The number of hydrogen-bond acceptors (Lipinski definition) is 27. The average Bonchev–Trinajstić information content (AvgIpc) is 0.805. The lowest BCUT2D eigenvalue weighted by Gasteiger charge is -2.29. The summed E-state index contributed by atoms with van der Waals surface area (Å²) in [6, 6.07) is 42.3. The van der Waals surface area contributed by atoms with Crippen molar-refractivity contribution in [1.82, 2.24) is 0 Å². The fourth-order valence-corrected chi connectivity index (χ4v) is 26.5. The second kappa shape index (κ2) is 60.7. The molecule has 1 unspecified atom stereocenters. The molecule has 1 aliphatic heterocycles. The largest absolute Gasteiger partial charge is 0.537 e. The Morgan fingerprint density at radius 2 is 0.504 bits per heavy atom. The molecule has 1 atom stereocenters. The Kier molecular flexibility index (Phi) is 55.8. The molecule has 0 amide bonds. The van der Waals surface area contributed by atoms with Gasteiger partial charge in [-0.05, 0) is 232 Å². The quantitative estimate of drug-likeness (QED) is 0.0254. The Labute approximate surface area is 720 Å². The van der Waals surface area contributed by atoms with Gasteiger partial charge in [-0.1, -0.05) is 54.6 Å². The van der Waals surface area contributed by atoms with Crippen molar-refractivity contribution in [3.63, 3.8) is 0 Å². The molecule has 0 radical (unpaired) electrons. The van der Waals surface area contributed by atoms with Crippen molar-refractivity contribution in [2.24, 2.45) is 0 Å². The van der Waals surface area contributed by atoms with E-state index in [1.54, 1.807) is 28.4 Å². The normalized spacial score (nSPS) is 12.5. The third-order valence-corrected chi connectivity index (χ3v) is 34.3. The monoisotopic (exact) mass is 1780 g/mol. The number of benzene rings is 6. The zero-order valence-corrected chi connectivity index (χ0v) is 82.7. The summed E-state index contributed by atoms with van der Waals surface area (Å²) >= 11 is 0. The molecule has 6 aromatic carbocycles. The minimum absolute atomic E-state index is 0.213. The minimum Gasteiger partial charge on any atom is -0.497 e. The Hall–Kier alpha value is -5.74. The first-order chi connectivity index (χ1) is 57.3. The zero-order valence-electron chi connectivity index (χ0n) is 76.7. The van der Waals surface area contributed by atoms with Gasteiger partial charge in [-0.15, -0.1) is 0 Å². The van der Waals surface area contributed by atoms with Crippen molar-refractivity contribution in [3.8, 4) is 46.0 Å². The first kappa shape index (κ1) is 109. The lowest BCUT2D eigenvalue weighted by atomic mass is 10.2. The number of rotatable bonds is 51. The van der Waals surface area contributed by atoms with Crippen LogP contribution in [-0.2, 0) is 84.4 Å². The Balaban J connectivity index is 0.000000484. The molecule has 33 heteroatoms. The molecule has 119 heavy (non-hydrogen) atoms. The van der Waals surface area contributed by atoms with Gasteiger partial charge in [-0.3, -0.25) is 0 Å². The molecule has 0 bridgehead atoms. The van der Waals surface area contributed by atoms with E-state index in [1.807, 2.05) is 293 Å². The highest BCUT2D eigenvalue weighted by molar-refractivity contribution is 6.77. The first-order valence-electron chi connectivity index (χ1n) is 41.9. The molecule has 0 saturated heterocycles. The number of methoxy groups -OCH3 is 4. The molecule has 0 aliphatic carbocycles. The van der Waals surface area contributed by atoms with E-state index in [9.17, 15) is 0 Å². The summed E-state index contributed by atoms with van der Waals surface area (Å²) in [5, 5.41) is 5.60. The SMILES string of the molecule is CCO[Si](OCC)(OCC)c1cc(OC)cc(OC)c1.CCO[Si](OCC)(OCC)c1ccc(OC(C)(C)C)cc1.CCO[Si](OCC)(OCC)c1ccc(OC(C)OC)cc1.CCO[Si](OCC)(OCC)c1ccc(OC)cc1.CCO[Si](OCC)(OCC)c1ccc2c(c1)OCCO2.CCOc1ccc([Si](OCC)(OCC)OCC)cc1. The highest BCUT2D eigenvalue weighted by Crippen LogP contribution is 2.31. The van der Waals surface area contributed by atoms with Crippen LogP contribution in [0.5, 0.6) is 46.0 Å². The van der Waals surface area contributed by atoms with Crippen LogP contribution in [0.1, 0.15) is 159 Å². The predicted octanol–water partition coefficient (Wildman–Crippen LogP) is 13.4. The van der Waals surface area contributed by atoms with Gasteiger partial charge >= 0.3 is 52.8 Å². The Bertz CT molecular complexity index is 3410. The van der Waals surface area contributed by atoms with Crippen LogP contribution in [-0.4, -0.2) is 232 Å². The van der Waals surface area contributed by atoms with Crippen molar-refractivity contribution in [2.75, 3.05) is 167 Å². The number of hydrogen-bond donors (Lipinski definition) is 0. The maximum Gasteiger partial charge on any atom is 0.537 e. The third kappa shape index (κ3) is 36.2. The summed E-state index contributed by atoms with van der Waals surface area (Å²) in [5.41, 5.74) is -0.213. The summed E-state index contributed by atoms with van der Waals surface area (Å²) in [4.78, 5) is 0. The molecule has 1 heterocycles. The lowest BCUT2D eigenvalue weighted by Crippen LogP contribution is -2.56. The van der Waals surface area contributed by atoms with Crippen molar-refractivity contribution >= 4 is 83.9 Å². The van der Waals surface area contributed by atoms with E-state index < -0.39 is 52.8 Å². The topological polar surface area (TPSA) is 249 Å².